The number of aliphatic hydroxyl groups excluding tert-OH is 1. The van der Waals surface area contributed by atoms with Gasteiger partial charge in [-0.05, 0) is 44.4 Å². The van der Waals surface area contributed by atoms with Crippen LogP contribution in [0.15, 0.2) is 36.4 Å². The Balaban J connectivity index is 2.09. The molecule has 0 spiro atoms. The quantitative estimate of drug-likeness (QED) is 0.622. The van der Waals surface area contributed by atoms with Gasteiger partial charge in [0, 0.05) is 17.7 Å². The van der Waals surface area contributed by atoms with Crippen LogP contribution in [0.25, 0.3) is 0 Å². The van der Waals surface area contributed by atoms with E-state index in [0.29, 0.717) is 28.7 Å². The van der Waals surface area contributed by atoms with Crippen molar-refractivity contribution in [2.75, 3.05) is 6.54 Å². The Bertz CT molecular complexity index is 788. The minimum atomic E-state index is -0.670. The third-order valence-corrected chi connectivity index (χ3v) is 4.23. The van der Waals surface area contributed by atoms with Crippen molar-refractivity contribution < 1.29 is 14.8 Å². The van der Waals surface area contributed by atoms with Crippen LogP contribution in [0.3, 0.4) is 0 Å². The molecule has 2 N–H and O–H groups in total. The van der Waals surface area contributed by atoms with Gasteiger partial charge < -0.3 is 10.4 Å². The Morgan fingerprint density at radius 2 is 1.84 bits per heavy atom. The van der Waals surface area contributed by atoms with Gasteiger partial charge >= 0.3 is 0 Å². The van der Waals surface area contributed by atoms with Gasteiger partial charge in [0.25, 0.3) is 11.6 Å². The molecule has 6 nitrogen and oxygen atoms in total. The highest BCUT2D eigenvalue weighted by atomic mass is 16.6. The van der Waals surface area contributed by atoms with Crippen LogP contribution in [-0.2, 0) is 0 Å². The molecule has 2 aromatic rings. The number of benzene rings is 2. The number of aliphatic hydroxyl groups is 1. The summed E-state index contributed by atoms with van der Waals surface area (Å²) in [5.74, 6) is -0.363. The maximum atomic E-state index is 12.5. The van der Waals surface area contributed by atoms with Crippen LogP contribution >= 0.6 is 0 Å². The monoisotopic (exact) mass is 342 g/mol. The fourth-order valence-corrected chi connectivity index (χ4v) is 3.06. The van der Waals surface area contributed by atoms with Crippen LogP contribution in [-0.4, -0.2) is 22.5 Å². The van der Waals surface area contributed by atoms with E-state index in [9.17, 15) is 20.0 Å². The molecule has 0 fully saturated rings. The van der Waals surface area contributed by atoms with Gasteiger partial charge in [0.05, 0.1) is 16.6 Å². The average Bonchev–Trinajstić information content (AvgIpc) is 2.54. The molecule has 0 aliphatic carbocycles. The molecule has 0 aliphatic heterocycles. The first-order valence-electron chi connectivity index (χ1n) is 8.09. The molecule has 0 bridgehead atoms. The number of hydrogen-bond acceptors (Lipinski definition) is 4. The van der Waals surface area contributed by atoms with E-state index in [1.165, 1.54) is 0 Å². The summed E-state index contributed by atoms with van der Waals surface area (Å²) in [6, 6.07) is 10.9. The Morgan fingerprint density at radius 1 is 1.20 bits per heavy atom. The van der Waals surface area contributed by atoms with E-state index in [-0.39, 0.29) is 18.1 Å². The minimum absolute atomic E-state index is 0.0277. The number of carbonyl (C=O) groups excluding carboxylic acids is 1. The number of nitrogens with zero attached hydrogens (tertiary/aromatic N) is 1. The van der Waals surface area contributed by atoms with E-state index in [1.54, 1.807) is 26.8 Å². The number of nitro groups is 1. The molecule has 25 heavy (non-hydrogen) atoms. The number of nitrogens with one attached hydrogen (secondary N) is 1. The first kappa shape index (κ1) is 18.6. The van der Waals surface area contributed by atoms with Crippen molar-refractivity contribution in [3.63, 3.8) is 0 Å². The Labute approximate surface area is 146 Å². The van der Waals surface area contributed by atoms with Gasteiger partial charge in [0.1, 0.15) is 0 Å². The SMILES string of the molecule is Cc1cc(C)c([N+](=O)[O-])c(C)c1C(=O)NCCC(O)c1ccccc1. The number of rotatable bonds is 6. The summed E-state index contributed by atoms with van der Waals surface area (Å²) in [5.41, 5.74) is 2.68. The van der Waals surface area contributed by atoms with Gasteiger partial charge in [-0.2, -0.15) is 0 Å². The second kappa shape index (κ2) is 7.90. The van der Waals surface area contributed by atoms with E-state index in [4.69, 9.17) is 0 Å². The fourth-order valence-electron chi connectivity index (χ4n) is 3.06. The predicted molar refractivity (Wildman–Crippen MR) is 95.7 cm³/mol. The van der Waals surface area contributed by atoms with Crippen molar-refractivity contribution >= 4 is 11.6 Å². The molecule has 2 rings (SSSR count). The Kier molecular flexibility index (Phi) is 5.88. The molecule has 0 radical (unpaired) electrons. The highest BCUT2D eigenvalue weighted by Gasteiger charge is 2.23. The normalized spacial score (nSPS) is 11.8. The van der Waals surface area contributed by atoms with E-state index >= 15 is 0 Å². The second-order valence-electron chi connectivity index (χ2n) is 6.09. The van der Waals surface area contributed by atoms with Crippen LogP contribution in [0.1, 0.15) is 45.1 Å². The van der Waals surface area contributed by atoms with Crippen LogP contribution in [0, 0.1) is 30.9 Å². The van der Waals surface area contributed by atoms with E-state index in [1.807, 2.05) is 30.3 Å². The van der Waals surface area contributed by atoms with E-state index in [0.717, 1.165) is 5.56 Å². The average molecular weight is 342 g/mol. The third-order valence-electron chi connectivity index (χ3n) is 4.23. The standard InChI is InChI=1S/C19H22N2O4/c1-12-11-13(2)18(21(24)25)14(3)17(12)19(23)20-10-9-16(22)15-7-5-4-6-8-15/h4-8,11,16,22H,9-10H2,1-3H3,(H,20,23). The molecular formula is C19H22N2O4. The lowest BCUT2D eigenvalue weighted by Crippen LogP contribution is -2.27. The molecule has 0 aromatic heterocycles. The van der Waals surface area contributed by atoms with Gasteiger partial charge in [0.2, 0.25) is 0 Å². The third kappa shape index (κ3) is 4.22. The first-order chi connectivity index (χ1) is 11.8. The number of hydrogen-bond donors (Lipinski definition) is 2. The highest BCUT2D eigenvalue weighted by Crippen LogP contribution is 2.28. The molecular weight excluding hydrogens is 320 g/mol. The van der Waals surface area contributed by atoms with Crippen molar-refractivity contribution in [1.82, 2.24) is 5.32 Å². The minimum Gasteiger partial charge on any atom is -0.388 e. The summed E-state index contributed by atoms with van der Waals surface area (Å²) in [7, 11) is 0. The fraction of sp³-hybridized carbons (Fsp3) is 0.316. The van der Waals surface area contributed by atoms with E-state index in [2.05, 4.69) is 5.32 Å². The van der Waals surface area contributed by atoms with Gasteiger partial charge in [-0.15, -0.1) is 0 Å². The molecule has 0 aliphatic rings. The van der Waals surface area contributed by atoms with Crippen molar-refractivity contribution in [3.8, 4) is 0 Å². The Morgan fingerprint density at radius 3 is 2.44 bits per heavy atom. The summed E-state index contributed by atoms with van der Waals surface area (Å²) in [6.07, 6.45) is -0.307. The van der Waals surface area contributed by atoms with Crippen molar-refractivity contribution in [3.05, 3.63) is 74.3 Å². The molecule has 1 atom stereocenters. The van der Waals surface area contributed by atoms with E-state index < -0.39 is 11.0 Å². The molecule has 132 valence electrons. The molecule has 1 amide bonds. The smallest absolute Gasteiger partial charge is 0.275 e. The molecule has 1 unspecified atom stereocenters. The lowest BCUT2D eigenvalue weighted by atomic mass is 9.96. The largest absolute Gasteiger partial charge is 0.388 e. The topological polar surface area (TPSA) is 92.5 Å². The number of nitro benzene ring substituents is 1. The number of aryl methyl sites for hydroxylation is 2. The van der Waals surface area contributed by atoms with Gasteiger partial charge in [-0.3, -0.25) is 14.9 Å². The van der Waals surface area contributed by atoms with Crippen LogP contribution in [0.2, 0.25) is 0 Å². The summed E-state index contributed by atoms with van der Waals surface area (Å²) in [4.78, 5) is 23.2. The molecule has 0 saturated carbocycles. The van der Waals surface area contributed by atoms with Crippen molar-refractivity contribution in [2.24, 2.45) is 0 Å². The van der Waals surface area contributed by atoms with Crippen LogP contribution < -0.4 is 5.32 Å². The summed E-state index contributed by atoms with van der Waals surface area (Å²) < 4.78 is 0. The lowest BCUT2D eigenvalue weighted by molar-refractivity contribution is -0.386. The molecule has 0 saturated heterocycles. The number of amides is 1. The predicted octanol–water partition coefficient (Wildman–Crippen LogP) is 3.37. The zero-order chi connectivity index (χ0) is 18.6. The maximum absolute atomic E-state index is 12.5. The second-order valence-corrected chi connectivity index (χ2v) is 6.09. The van der Waals surface area contributed by atoms with Crippen molar-refractivity contribution in [1.29, 1.82) is 0 Å². The number of carbonyl (C=O) groups is 1. The summed E-state index contributed by atoms with van der Waals surface area (Å²) in [5, 5.41) is 24.1. The highest BCUT2D eigenvalue weighted by molar-refractivity contribution is 5.98. The zero-order valence-corrected chi connectivity index (χ0v) is 14.6. The Hall–Kier alpha value is -2.73. The van der Waals surface area contributed by atoms with Crippen LogP contribution in [0.5, 0.6) is 0 Å². The first-order valence-corrected chi connectivity index (χ1v) is 8.09. The maximum Gasteiger partial charge on any atom is 0.275 e. The van der Waals surface area contributed by atoms with Gasteiger partial charge in [-0.25, -0.2) is 0 Å². The molecule has 0 heterocycles. The van der Waals surface area contributed by atoms with Crippen molar-refractivity contribution in [2.45, 2.75) is 33.3 Å². The zero-order valence-electron chi connectivity index (χ0n) is 14.6. The molecule has 6 heteroatoms. The summed E-state index contributed by atoms with van der Waals surface area (Å²) >= 11 is 0. The van der Waals surface area contributed by atoms with Crippen LogP contribution in [0.4, 0.5) is 5.69 Å². The van der Waals surface area contributed by atoms with Gasteiger partial charge in [-0.1, -0.05) is 30.3 Å². The summed E-state index contributed by atoms with van der Waals surface area (Å²) in [6.45, 7) is 5.29. The lowest BCUT2D eigenvalue weighted by Gasteiger charge is -2.14. The van der Waals surface area contributed by atoms with Gasteiger partial charge in [0.15, 0.2) is 0 Å². The molecule has 2 aromatic carbocycles.